The molecule has 28 heavy (non-hydrogen) atoms. The van der Waals surface area contributed by atoms with Crippen molar-refractivity contribution in [3.8, 4) is 17.6 Å². The Morgan fingerprint density at radius 1 is 1.21 bits per heavy atom. The first-order chi connectivity index (χ1) is 13.3. The fraction of sp³-hybridized carbons (Fsp3) is 0.105. The van der Waals surface area contributed by atoms with Crippen LogP contribution in [0.1, 0.15) is 17.0 Å². The average molecular weight is 406 g/mol. The maximum absolute atomic E-state index is 14.1. The van der Waals surface area contributed by atoms with Crippen molar-refractivity contribution >= 4 is 11.6 Å². The van der Waals surface area contributed by atoms with E-state index in [0.717, 1.165) is 30.3 Å². The first-order valence-electron chi connectivity index (χ1n) is 7.88. The van der Waals surface area contributed by atoms with Crippen LogP contribution in [0, 0.1) is 35.7 Å². The van der Waals surface area contributed by atoms with E-state index in [-0.39, 0.29) is 23.9 Å². The highest BCUT2D eigenvalue weighted by Gasteiger charge is 2.20. The number of aryl methyl sites for hydroxylation is 1. The SMILES string of the molecule is Cc1nc(OCc2ccc(F)cc2C#N)c(Cl)c(=O)n1-c1c(F)cccc1F. The van der Waals surface area contributed by atoms with Crippen molar-refractivity contribution in [2.24, 2.45) is 0 Å². The van der Waals surface area contributed by atoms with Crippen LogP contribution in [0.2, 0.25) is 5.02 Å². The summed E-state index contributed by atoms with van der Waals surface area (Å²) in [5.74, 6) is -2.83. The first kappa shape index (κ1) is 19.5. The van der Waals surface area contributed by atoms with Gasteiger partial charge in [0.15, 0.2) is 5.02 Å². The molecule has 0 fully saturated rings. The molecule has 0 unspecified atom stereocenters. The molecule has 0 saturated heterocycles. The van der Waals surface area contributed by atoms with Crippen molar-refractivity contribution in [3.05, 3.63) is 86.2 Å². The molecule has 0 radical (unpaired) electrons. The van der Waals surface area contributed by atoms with E-state index in [4.69, 9.17) is 21.6 Å². The molecular formula is C19H11ClF3N3O2. The average Bonchev–Trinajstić information content (AvgIpc) is 2.66. The molecule has 1 heterocycles. The lowest BCUT2D eigenvalue weighted by Crippen LogP contribution is -2.25. The van der Waals surface area contributed by atoms with Gasteiger partial charge in [-0.05, 0) is 31.2 Å². The van der Waals surface area contributed by atoms with Gasteiger partial charge in [0, 0.05) is 5.56 Å². The minimum Gasteiger partial charge on any atom is -0.472 e. The second-order valence-electron chi connectivity index (χ2n) is 5.69. The minimum absolute atomic E-state index is 0.0506. The zero-order valence-corrected chi connectivity index (χ0v) is 15.1. The molecule has 0 atom stereocenters. The van der Waals surface area contributed by atoms with Crippen molar-refractivity contribution < 1.29 is 17.9 Å². The predicted molar refractivity (Wildman–Crippen MR) is 94.9 cm³/mol. The Kier molecular flexibility index (Phi) is 5.38. The van der Waals surface area contributed by atoms with Gasteiger partial charge in [-0.1, -0.05) is 23.7 Å². The third kappa shape index (κ3) is 3.57. The van der Waals surface area contributed by atoms with Gasteiger partial charge in [-0.15, -0.1) is 0 Å². The van der Waals surface area contributed by atoms with E-state index in [9.17, 15) is 18.0 Å². The molecule has 5 nitrogen and oxygen atoms in total. The van der Waals surface area contributed by atoms with Crippen LogP contribution in [0.5, 0.6) is 5.88 Å². The summed E-state index contributed by atoms with van der Waals surface area (Å²) < 4.78 is 47.4. The van der Waals surface area contributed by atoms with Crippen molar-refractivity contribution in [2.75, 3.05) is 0 Å². The Balaban J connectivity index is 2.00. The van der Waals surface area contributed by atoms with Gasteiger partial charge in [-0.2, -0.15) is 10.2 Å². The fourth-order valence-electron chi connectivity index (χ4n) is 2.57. The van der Waals surface area contributed by atoms with Gasteiger partial charge in [-0.3, -0.25) is 9.36 Å². The molecule has 0 aliphatic carbocycles. The summed E-state index contributed by atoms with van der Waals surface area (Å²) >= 11 is 6.00. The zero-order chi connectivity index (χ0) is 20.4. The second-order valence-corrected chi connectivity index (χ2v) is 6.07. The monoisotopic (exact) mass is 405 g/mol. The van der Waals surface area contributed by atoms with Crippen LogP contribution in [-0.4, -0.2) is 9.55 Å². The lowest BCUT2D eigenvalue weighted by Gasteiger charge is -2.14. The molecule has 0 aliphatic heterocycles. The Labute approximate surface area is 162 Å². The molecule has 0 spiro atoms. The molecule has 142 valence electrons. The Hall–Kier alpha value is -3.31. The topological polar surface area (TPSA) is 67.9 Å². The summed E-state index contributed by atoms with van der Waals surface area (Å²) in [4.78, 5) is 16.6. The summed E-state index contributed by atoms with van der Waals surface area (Å²) in [6.07, 6.45) is 0. The van der Waals surface area contributed by atoms with Crippen LogP contribution in [0.15, 0.2) is 41.2 Å². The van der Waals surface area contributed by atoms with Crippen LogP contribution < -0.4 is 10.3 Å². The smallest absolute Gasteiger partial charge is 0.281 e. The van der Waals surface area contributed by atoms with E-state index in [0.29, 0.717) is 10.1 Å². The molecule has 3 rings (SSSR count). The fourth-order valence-corrected chi connectivity index (χ4v) is 2.75. The lowest BCUT2D eigenvalue weighted by atomic mass is 10.1. The zero-order valence-electron chi connectivity index (χ0n) is 14.3. The van der Waals surface area contributed by atoms with E-state index in [1.165, 1.54) is 13.0 Å². The normalized spacial score (nSPS) is 10.6. The first-order valence-corrected chi connectivity index (χ1v) is 8.26. The van der Waals surface area contributed by atoms with Crippen molar-refractivity contribution in [3.63, 3.8) is 0 Å². The summed E-state index contributed by atoms with van der Waals surface area (Å²) in [6, 6.07) is 8.54. The van der Waals surface area contributed by atoms with E-state index >= 15 is 0 Å². The molecular weight excluding hydrogens is 395 g/mol. The highest BCUT2D eigenvalue weighted by Crippen LogP contribution is 2.24. The summed E-state index contributed by atoms with van der Waals surface area (Å²) in [5.41, 5.74) is -1.12. The third-order valence-electron chi connectivity index (χ3n) is 3.88. The van der Waals surface area contributed by atoms with Gasteiger partial charge in [0.1, 0.15) is 35.6 Å². The number of para-hydroxylation sites is 1. The van der Waals surface area contributed by atoms with Crippen molar-refractivity contribution in [1.82, 2.24) is 9.55 Å². The number of aromatic nitrogens is 2. The molecule has 2 aromatic carbocycles. The van der Waals surface area contributed by atoms with E-state index in [2.05, 4.69) is 4.98 Å². The van der Waals surface area contributed by atoms with Crippen molar-refractivity contribution in [1.29, 1.82) is 5.26 Å². The summed E-state index contributed by atoms with van der Waals surface area (Å²) in [6.45, 7) is 1.14. The van der Waals surface area contributed by atoms with Crippen LogP contribution in [0.3, 0.4) is 0 Å². The highest BCUT2D eigenvalue weighted by molar-refractivity contribution is 6.31. The second kappa shape index (κ2) is 7.74. The van der Waals surface area contributed by atoms with Gasteiger partial charge in [-0.25, -0.2) is 13.2 Å². The van der Waals surface area contributed by atoms with Crippen LogP contribution >= 0.6 is 11.6 Å². The molecule has 1 aromatic heterocycles. The molecule has 9 heteroatoms. The molecule has 0 saturated carbocycles. The standard InChI is InChI=1S/C19H11ClF3N3O2/c1-10-25-18(28-9-11-5-6-13(21)7-12(11)8-24)16(20)19(27)26(10)17-14(22)3-2-4-15(17)23/h2-7H,9H2,1H3. The Morgan fingerprint density at radius 3 is 2.54 bits per heavy atom. The number of ether oxygens (including phenoxy) is 1. The number of hydrogen-bond acceptors (Lipinski definition) is 4. The maximum Gasteiger partial charge on any atom is 0.281 e. The van der Waals surface area contributed by atoms with Crippen LogP contribution in [0.4, 0.5) is 13.2 Å². The van der Waals surface area contributed by atoms with Crippen LogP contribution in [0.25, 0.3) is 5.69 Å². The molecule has 3 aromatic rings. The minimum atomic E-state index is -0.957. The number of nitrogens with zero attached hydrogens (tertiary/aromatic N) is 3. The number of benzene rings is 2. The molecule has 0 N–H and O–H groups in total. The van der Waals surface area contributed by atoms with Crippen LogP contribution in [-0.2, 0) is 6.61 Å². The number of nitriles is 1. The van der Waals surface area contributed by atoms with Gasteiger partial charge >= 0.3 is 0 Å². The van der Waals surface area contributed by atoms with E-state index < -0.39 is 33.7 Å². The van der Waals surface area contributed by atoms with Gasteiger partial charge < -0.3 is 4.74 Å². The highest BCUT2D eigenvalue weighted by atomic mass is 35.5. The maximum atomic E-state index is 14.1. The Bertz CT molecular complexity index is 1150. The largest absolute Gasteiger partial charge is 0.472 e. The van der Waals surface area contributed by atoms with Gasteiger partial charge in [0.25, 0.3) is 5.56 Å². The number of hydrogen-bond donors (Lipinski definition) is 0. The summed E-state index contributed by atoms with van der Waals surface area (Å²) in [5, 5.41) is 8.57. The van der Waals surface area contributed by atoms with Gasteiger partial charge in [0.2, 0.25) is 5.88 Å². The van der Waals surface area contributed by atoms with Crippen molar-refractivity contribution in [2.45, 2.75) is 13.5 Å². The lowest BCUT2D eigenvalue weighted by molar-refractivity contribution is 0.291. The number of rotatable bonds is 4. The molecule has 0 aliphatic rings. The Morgan fingerprint density at radius 2 is 1.89 bits per heavy atom. The van der Waals surface area contributed by atoms with Gasteiger partial charge in [0.05, 0.1) is 11.6 Å². The number of halogens is 4. The predicted octanol–water partition coefficient (Wildman–Crippen LogP) is 4.06. The van der Waals surface area contributed by atoms with E-state index in [1.807, 2.05) is 6.07 Å². The summed E-state index contributed by atoms with van der Waals surface area (Å²) in [7, 11) is 0. The van der Waals surface area contributed by atoms with E-state index in [1.54, 1.807) is 0 Å². The third-order valence-corrected chi connectivity index (χ3v) is 4.21. The molecule has 0 amide bonds. The quantitative estimate of drug-likeness (QED) is 0.656. The molecule has 0 bridgehead atoms.